The highest BCUT2D eigenvalue weighted by Crippen LogP contribution is 2.31. The summed E-state index contributed by atoms with van der Waals surface area (Å²) >= 11 is 0. The fourth-order valence-electron chi connectivity index (χ4n) is 1.19. The molecule has 0 bridgehead atoms. The summed E-state index contributed by atoms with van der Waals surface area (Å²) in [6.07, 6.45) is 1.02. The lowest BCUT2D eigenvalue weighted by atomic mass is 9.93. The third-order valence-electron chi connectivity index (χ3n) is 1.87. The summed E-state index contributed by atoms with van der Waals surface area (Å²) in [5.74, 6) is 0.158. The van der Waals surface area contributed by atoms with Gasteiger partial charge in [-0.2, -0.15) is 0 Å². The fourth-order valence-corrected chi connectivity index (χ4v) is 1.19. The van der Waals surface area contributed by atoms with Crippen molar-refractivity contribution >= 4 is 5.91 Å². The van der Waals surface area contributed by atoms with E-state index in [1.165, 1.54) is 0 Å². The van der Waals surface area contributed by atoms with Crippen LogP contribution in [0.3, 0.4) is 0 Å². The molecule has 10 heavy (non-hydrogen) atoms. The van der Waals surface area contributed by atoms with E-state index in [9.17, 15) is 4.79 Å². The number of carbonyl (C=O) groups is 1. The molecule has 0 unspecified atom stereocenters. The van der Waals surface area contributed by atoms with Crippen LogP contribution in [0.5, 0.6) is 0 Å². The Bertz CT molecular complexity index is 151. The van der Waals surface area contributed by atoms with Gasteiger partial charge in [-0.3, -0.25) is 4.79 Å². The van der Waals surface area contributed by atoms with Crippen LogP contribution in [0, 0.1) is 12.0 Å². The first kappa shape index (κ1) is 7.58. The lowest BCUT2D eigenvalue weighted by Gasteiger charge is -2.17. The van der Waals surface area contributed by atoms with E-state index < -0.39 is 0 Å². The number of amides is 1. The Morgan fingerprint density at radius 1 is 1.60 bits per heavy atom. The highest BCUT2D eigenvalue weighted by atomic mass is 16.2. The molecule has 0 aromatic rings. The van der Waals surface area contributed by atoms with Crippen LogP contribution in [0.2, 0.25) is 0 Å². The number of nitrogens with zero attached hydrogens (tertiary/aromatic N) is 1. The Labute approximate surface area is 62.2 Å². The van der Waals surface area contributed by atoms with E-state index in [0.29, 0.717) is 5.41 Å². The van der Waals surface area contributed by atoms with Crippen molar-refractivity contribution in [1.29, 1.82) is 0 Å². The minimum absolute atomic E-state index is 0.158. The molecule has 0 aliphatic carbocycles. The van der Waals surface area contributed by atoms with Gasteiger partial charge < -0.3 is 4.90 Å². The molecule has 57 valence electrons. The Hall–Kier alpha value is -0.530. The van der Waals surface area contributed by atoms with Crippen LogP contribution < -0.4 is 0 Å². The van der Waals surface area contributed by atoms with E-state index in [4.69, 9.17) is 0 Å². The highest BCUT2D eigenvalue weighted by molar-refractivity contribution is 5.74. The van der Waals surface area contributed by atoms with Gasteiger partial charge in [-0.25, -0.2) is 0 Å². The van der Waals surface area contributed by atoms with E-state index in [1.54, 1.807) is 11.8 Å². The van der Waals surface area contributed by atoms with Gasteiger partial charge in [-0.15, -0.1) is 0 Å². The van der Waals surface area contributed by atoms with Crippen LogP contribution in [0.25, 0.3) is 0 Å². The van der Waals surface area contributed by atoms with Crippen molar-refractivity contribution in [3.8, 4) is 0 Å². The average Bonchev–Trinajstić information content (AvgIpc) is 2.10. The van der Waals surface area contributed by atoms with Crippen LogP contribution in [-0.2, 0) is 4.79 Å². The van der Waals surface area contributed by atoms with E-state index in [-0.39, 0.29) is 5.91 Å². The SMILES string of the molecule is CC(=O)N1[CH]CC(C)(C)C1. The van der Waals surface area contributed by atoms with Crippen LogP contribution in [0.15, 0.2) is 0 Å². The summed E-state index contributed by atoms with van der Waals surface area (Å²) in [4.78, 5) is 12.6. The fraction of sp³-hybridized carbons (Fsp3) is 0.750. The molecule has 1 rings (SSSR count). The highest BCUT2D eigenvalue weighted by Gasteiger charge is 2.30. The van der Waals surface area contributed by atoms with Crippen LogP contribution in [-0.4, -0.2) is 17.4 Å². The lowest BCUT2D eigenvalue weighted by molar-refractivity contribution is -0.126. The molecule has 0 aromatic heterocycles. The van der Waals surface area contributed by atoms with Gasteiger partial charge in [0.1, 0.15) is 0 Å². The first-order chi connectivity index (χ1) is 4.51. The molecule has 1 amide bonds. The first-order valence-corrected chi connectivity index (χ1v) is 3.62. The summed E-state index contributed by atoms with van der Waals surface area (Å²) < 4.78 is 0. The minimum Gasteiger partial charge on any atom is -0.337 e. The molecular formula is C8H14NO. The second-order valence-corrected chi connectivity index (χ2v) is 3.70. The maximum absolute atomic E-state index is 10.8. The number of carbonyl (C=O) groups excluding carboxylic acids is 1. The molecule has 1 aliphatic rings. The van der Waals surface area contributed by atoms with Crippen molar-refractivity contribution in [2.75, 3.05) is 6.54 Å². The predicted molar refractivity (Wildman–Crippen MR) is 40.1 cm³/mol. The van der Waals surface area contributed by atoms with Crippen molar-refractivity contribution in [2.45, 2.75) is 27.2 Å². The van der Waals surface area contributed by atoms with Gasteiger partial charge in [0.15, 0.2) is 0 Å². The predicted octanol–water partition coefficient (Wildman–Crippen LogP) is 1.43. The normalized spacial score (nSPS) is 23.3. The van der Waals surface area contributed by atoms with E-state index in [2.05, 4.69) is 13.8 Å². The molecule has 0 N–H and O–H groups in total. The minimum atomic E-state index is 0.158. The summed E-state index contributed by atoms with van der Waals surface area (Å²) in [6, 6.07) is 0. The quantitative estimate of drug-likeness (QED) is 0.498. The molecule has 0 saturated carbocycles. The van der Waals surface area contributed by atoms with Crippen molar-refractivity contribution in [2.24, 2.45) is 5.41 Å². The van der Waals surface area contributed by atoms with Gasteiger partial charge >= 0.3 is 0 Å². The molecule has 0 aromatic carbocycles. The standard InChI is InChI=1S/C8H14NO/c1-7(10)9-5-4-8(2,3)6-9/h5H,4,6H2,1-3H3. The Balaban J connectivity index is 2.51. The molecule has 2 heteroatoms. The molecule has 2 nitrogen and oxygen atoms in total. The van der Waals surface area contributed by atoms with Crippen LogP contribution in [0.1, 0.15) is 27.2 Å². The monoisotopic (exact) mass is 140 g/mol. The molecule has 1 saturated heterocycles. The third-order valence-corrected chi connectivity index (χ3v) is 1.87. The zero-order valence-electron chi connectivity index (χ0n) is 6.85. The van der Waals surface area contributed by atoms with Gasteiger partial charge in [0.05, 0.1) is 6.54 Å². The van der Waals surface area contributed by atoms with Crippen molar-refractivity contribution in [3.63, 3.8) is 0 Å². The number of hydrogen-bond acceptors (Lipinski definition) is 1. The number of hydrogen-bond donors (Lipinski definition) is 0. The van der Waals surface area contributed by atoms with Gasteiger partial charge in [-0.05, 0) is 11.8 Å². The average molecular weight is 140 g/mol. The van der Waals surface area contributed by atoms with Gasteiger partial charge in [0.2, 0.25) is 5.91 Å². The molecule has 1 heterocycles. The zero-order valence-corrected chi connectivity index (χ0v) is 6.85. The zero-order chi connectivity index (χ0) is 7.78. The Morgan fingerprint density at radius 2 is 2.20 bits per heavy atom. The summed E-state index contributed by atoms with van der Waals surface area (Å²) in [5, 5.41) is 0. The summed E-state index contributed by atoms with van der Waals surface area (Å²) in [6.45, 7) is 8.82. The third kappa shape index (κ3) is 1.49. The largest absolute Gasteiger partial charge is 0.337 e. The molecular weight excluding hydrogens is 126 g/mol. The van der Waals surface area contributed by atoms with Gasteiger partial charge in [0, 0.05) is 13.5 Å². The molecule has 1 fully saturated rings. The summed E-state index contributed by atoms with van der Waals surface area (Å²) in [5.41, 5.74) is 0.297. The molecule has 1 aliphatic heterocycles. The Morgan fingerprint density at radius 3 is 2.40 bits per heavy atom. The van der Waals surface area contributed by atoms with Crippen molar-refractivity contribution in [3.05, 3.63) is 6.54 Å². The maximum atomic E-state index is 10.8. The maximum Gasteiger partial charge on any atom is 0.219 e. The van der Waals surface area contributed by atoms with Crippen LogP contribution >= 0.6 is 0 Å². The molecule has 0 spiro atoms. The molecule has 1 radical (unpaired) electrons. The lowest BCUT2D eigenvalue weighted by Crippen LogP contribution is -2.25. The second kappa shape index (κ2) is 2.26. The second-order valence-electron chi connectivity index (χ2n) is 3.70. The van der Waals surface area contributed by atoms with Crippen molar-refractivity contribution < 1.29 is 4.79 Å². The molecule has 0 atom stereocenters. The topological polar surface area (TPSA) is 20.3 Å². The first-order valence-electron chi connectivity index (χ1n) is 3.62. The Kier molecular flexibility index (Phi) is 1.71. The van der Waals surface area contributed by atoms with E-state index in [0.717, 1.165) is 13.0 Å². The number of rotatable bonds is 0. The smallest absolute Gasteiger partial charge is 0.219 e. The van der Waals surface area contributed by atoms with Crippen LogP contribution in [0.4, 0.5) is 0 Å². The van der Waals surface area contributed by atoms with Gasteiger partial charge in [-0.1, -0.05) is 13.8 Å². The van der Waals surface area contributed by atoms with Crippen molar-refractivity contribution in [1.82, 2.24) is 4.90 Å². The number of likely N-dealkylation sites (tertiary alicyclic amines) is 1. The van der Waals surface area contributed by atoms with E-state index in [1.807, 2.05) is 6.54 Å². The summed E-state index contributed by atoms with van der Waals surface area (Å²) in [7, 11) is 0. The van der Waals surface area contributed by atoms with Gasteiger partial charge in [0.25, 0.3) is 0 Å². The van der Waals surface area contributed by atoms with E-state index >= 15 is 0 Å².